The van der Waals surface area contributed by atoms with Gasteiger partial charge in [0, 0.05) is 49.1 Å². The van der Waals surface area contributed by atoms with Crippen LogP contribution in [0.5, 0.6) is 5.75 Å². The molecule has 0 aliphatic carbocycles. The Hall–Kier alpha value is -3.49. The van der Waals surface area contributed by atoms with Crippen LogP contribution in [0.1, 0.15) is 44.7 Å². The van der Waals surface area contributed by atoms with E-state index >= 15 is 0 Å². The average Bonchev–Trinajstić information content (AvgIpc) is 3.05. The van der Waals surface area contributed by atoms with Gasteiger partial charge in [-0.05, 0) is 47.9 Å². The molecular formula is C23H23F3N2O4. The molecule has 3 aromatic rings. The fourth-order valence-corrected chi connectivity index (χ4v) is 3.58. The highest BCUT2D eigenvalue weighted by Gasteiger charge is 2.26. The number of alkyl halides is 3. The Morgan fingerprint density at radius 2 is 1.81 bits per heavy atom. The van der Waals surface area contributed by atoms with E-state index in [1.165, 1.54) is 19.2 Å². The van der Waals surface area contributed by atoms with Crippen LogP contribution < -0.4 is 10.1 Å². The first kappa shape index (κ1) is 23.2. The van der Waals surface area contributed by atoms with E-state index in [2.05, 4.69) is 5.32 Å². The van der Waals surface area contributed by atoms with Crippen LogP contribution in [0.4, 0.5) is 13.2 Å². The SMILES string of the molecule is COc1cc(C(=O)O)ccc1Cc1cn(C)c2ccc(C(=O)NCCCC(F)(F)F)cc12. The highest BCUT2D eigenvalue weighted by atomic mass is 19.4. The molecule has 3 rings (SSSR count). The molecule has 0 radical (unpaired) electrons. The van der Waals surface area contributed by atoms with Crippen molar-refractivity contribution in [2.24, 2.45) is 7.05 Å². The number of hydrogen-bond acceptors (Lipinski definition) is 3. The van der Waals surface area contributed by atoms with E-state index in [0.717, 1.165) is 22.0 Å². The third-order valence-electron chi connectivity index (χ3n) is 5.17. The Labute approximate surface area is 182 Å². The Balaban J connectivity index is 1.83. The van der Waals surface area contributed by atoms with E-state index in [9.17, 15) is 27.9 Å². The van der Waals surface area contributed by atoms with Crippen LogP contribution in [0.2, 0.25) is 0 Å². The first-order valence-corrected chi connectivity index (χ1v) is 9.92. The van der Waals surface area contributed by atoms with Gasteiger partial charge in [-0.3, -0.25) is 4.79 Å². The minimum absolute atomic E-state index is 0.0643. The number of benzene rings is 2. The van der Waals surface area contributed by atoms with Crippen LogP contribution in [-0.4, -0.2) is 41.4 Å². The van der Waals surface area contributed by atoms with Crippen molar-refractivity contribution in [2.75, 3.05) is 13.7 Å². The fourth-order valence-electron chi connectivity index (χ4n) is 3.58. The number of carbonyl (C=O) groups is 2. The Morgan fingerprint density at radius 1 is 1.09 bits per heavy atom. The maximum absolute atomic E-state index is 12.4. The van der Waals surface area contributed by atoms with E-state index in [0.29, 0.717) is 17.7 Å². The van der Waals surface area contributed by atoms with Gasteiger partial charge in [-0.15, -0.1) is 0 Å². The summed E-state index contributed by atoms with van der Waals surface area (Å²) in [6, 6.07) is 9.79. The van der Waals surface area contributed by atoms with Crippen LogP contribution in [0.3, 0.4) is 0 Å². The maximum atomic E-state index is 12.4. The third-order valence-corrected chi connectivity index (χ3v) is 5.17. The predicted octanol–water partition coefficient (Wildman–Crippen LogP) is 4.55. The molecule has 0 fully saturated rings. The van der Waals surface area contributed by atoms with Crippen LogP contribution in [0.15, 0.2) is 42.6 Å². The van der Waals surface area contributed by atoms with Crippen molar-refractivity contribution in [3.63, 3.8) is 0 Å². The van der Waals surface area contributed by atoms with Crippen molar-refractivity contribution < 1.29 is 32.6 Å². The lowest BCUT2D eigenvalue weighted by Crippen LogP contribution is -2.25. The van der Waals surface area contributed by atoms with E-state index in [-0.39, 0.29) is 18.5 Å². The number of carboxylic acids is 1. The summed E-state index contributed by atoms with van der Waals surface area (Å²) in [7, 11) is 3.34. The van der Waals surface area contributed by atoms with E-state index in [4.69, 9.17) is 4.74 Å². The summed E-state index contributed by atoms with van der Waals surface area (Å²) in [4.78, 5) is 23.6. The lowest BCUT2D eigenvalue weighted by Gasteiger charge is -2.10. The zero-order valence-corrected chi connectivity index (χ0v) is 17.6. The number of carboxylic acid groups (broad SMARTS) is 1. The summed E-state index contributed by atoms with van der Waals surface area (Å²) in [5, 5.41) is 12.5. The fraction of sp³-hybridized carbons (Fsp3) is 0.304. The van der Waals surface area contributed by atoms with Gasteiger partial charge in [0.1, 0.15) is 5.75 Å². The second-order valence-electron chi connectivity index (χ2n) is 7.48. The zero-order valence-electron chi connectivity index (χ0n) is 17.6. The van der Waals surface area contributed by atoms with Gasteiger partial charge in [0.2, 0.25) is 0 Å². The number of nitrogens with one attached hydrogen (secondary N) is 1. The van der Waals surface area contributed by atoms with Gasteiger partial charge in [0.25, 0.3) is 5.91 Å². The Kier molecular flexibility index (Phi) is 6.76. The number of aryl methyl sites for hydroxylation is 1. The normalized spacial score (nSPS) is 11.5. The van der Waals surface area contributed by atoms with Crippen molar-refractivity contribution in [2.45, 2.75) is 25.4 Å². The smallest absolute Gasteiger partial charge is 0.389 e. The molecule has 32 heavy (non-hydrogen) atoms. The first-order chi connectivity index (χ1) is 15.1. The number of carbonyl (C=O) groups excluding carboxylic acids is 1. The second-order valence-corrected chi connectivity index (χ2v) is 7.48. The van der Waals surface area contributed by atoms with Crippen LogP contribution >= 0.6 is 0 Å². The van der Waals surface area contributed by atoms with Crippen LogP contribution in [0.25, 0.3) is 10.9 Å². The quantitative estimate of drug-likeness (QED) is 0.496. The van der Waals surface area contributed by atoms with Crippen molar-refractivity contribution in [3.05, 3.63) is 64.8 Å². The number of rotatable bonds is 8. The van der Waals surface area contributed by atoms with E-state index in [1.54, 1.807) is 24.3 Å². The summed E-state index contributed by atoms with van der Waals surface area (Å²) < 4.78 is 44.1. The molecule has 0 unspecified atom stereocenters. The minimum Gasteiger partial charge on any atom is -0.496 e. The number of halogens is 3. The molecule has 2 aromatic carbocycles. The molecule has 0 saturated heterocycles. The molecule has 0 aliphatic heterocycles. The number of methoxy groups -OCH3 is 1. The van der Waals surface area contributed by atoms with Crippen molar-refractivity contribution in [3.8, 4) is 5.75 Å². The van der Waals surface area contributed by atoms with Gasteiger partial charge < -0.3 is 19.7 Å². The molecular weight excluding hydrogens is 425 g/mol. The van der Waals surface area contributed by atoms with Gasteiger partial charge in [0.15, 0.2) is 0 Å². The van der Waals surface area contributed by atoms with Gasteiger partial charge in [0.05, 0.1) is 12.7 Å². The van der Waals surface area contributed by atoms with Crippen molar-refractivity contribution >= 4 is 22.8 Å². The van der Waals surface area contributed by atoms with Gasteiger partial charge >= 0.3 is 12.1 Å². The van der Waals surface area contributed by atoms with Crippen LogP contribution in [0, 0.1) is 0 Å². The molecule has 2 N–H and O–H groups in total. The second kappa shape index (κ2) is 9.33. The predicted molar refractivity (Wildman–Crippen MR) is 113 cm³/mol. The molecule has 1 amide bonds. The molecule has 0 bridgehead atoms. The van der Waals surface area contributed by atoms with Crippen molar-refractivity contribution in [1.82, 2.24) is 9.88 Å². The topological polar surface area (TPSA) is 80.6 Å². The van der Waals surface area contributed by atoms with Crippen LogP contribution in [-0.2, 0) is 13.5 Å². The molecule has 1 heterocycles. The summed E-state index contributed by atoms with van der Waals surface area (Å²) in [5.41, 5.74) is 3.04. The molecule has 0 spiro atoms. The highest BCUT2D eigenvalue weighted by Crippen LogP contribution is 2.29. The summed E-state index contributed by atoms with van der Waals surface area (Å²) in [6.07, 6.45) is -3.01. The molecule has 1 aromatic heterocycles. The number of aromatic nitrogens is 1. The van der Waals surface area contributed by atoms with E-state index < -0.39 is 24.5 Å². The molecule has 0 atom stereocenters. The summed E-state index contributed by atoms with van der Waals surface area (Å²) in [5.74, 6) is -1.04. The number of amides is 1. The minimum atomic E-state index is -4.24. The van der Waals surface area contributed by atoms with Gasteiger partial charge in [-0.1, -0.05) is 6.07 Å². The first-order valence-electron chi connectivity index (χ1n) is 9.92. The number of fused-ring (bicyclic) bond motifs is 1. The highest BCUT2D eigenvalue weighted by molar-refractivity contribution is 5.99. The van der Waals surface area contributed by atoms with E-state index in [1.807, 2.05) is 17.8 Å². The third kappa shape index (κ3) is 5.40. The standard InChI is InChI=1S/C23H23F3N2O4/c1-28-13-17(10-14-4-5-16(22(30)31)12-20(14)32-2)18-11-15(6-7-19(18)28)21(29)27-9-3-8-23(24,25)26/h4-7,11-13H,3,8-10H2,1-2H3,(H,27,29)(H,30,31). The molecule has 6 nitrogen and oxygen atoms in total. The maximum Gasteiger partial charge on any atom is 0.389 e. The largest absolute Gasteiger partial charge is 0.496 e. The average molecular weight is 448 g/mol. The number of hydrogen-bond donors (Lipinski definition) is 2. The molecule has 0 aliphatic rings. The number of aromatic carboxylic acids is 1. The number of nitrogens with zero attached hydrogens (tertiary/aromatic N) is 1. The molecule has 9 heteroatoms. The Morgan fingerprint density at radius 3 is 2.47 bits per heavy atom. The lowest BCUT2D eigenvalue weighted by atomic mass is 10.0. The molecule has 0 saturated carbocycles. The monoisotopic (exact) mass is 448 g/mol. The van der Waals surface area contributed by atoms with Gasteiger partial charge in [-0.2, -0.15) is 13.2 Å². The van der Waals surface area contributed by atoms with Gasteiger partial charge in [-0.25, -0.2) is 4.79 Å². The number of ether oxygens (including phenoxy) is 1. The Bertz CT molecular complexity index is 1150. The molecule has 170 valence electrons. The summed E-state index contributed by atoms with van der Waals surface area (Å²) in [6.45, 7) is -0.0643. The zero-order chi connectivity index (χ0) is 23.5. The lowest BCUT2D eigenvalue weighted by molar-refractivity contribution is -0.135. The summed E-state index contributed by atoms with van der Waals surface area (Å²) >= 11 is 0. The van der Waals surface area contributed by atoms with Crippen molar-refractivity contribution in [1.29, 1.82) is 0 Å².